The van der Waals surface area contributed by atoms with E-state index in [1.165, 1.54) is 13.2 Å². The zero-order valence-electron chi connectivity index (χ0n) is 7.20. The van der Waals surface area contributed by atoms with Crippen LogP contribution >= 0.6 is 0 Å². The Hall–Kier alpha value is -1.03. The number of hydrogen-bond donors (Lipinski definition) is 0. The first-order valence-electron chi connectivity index (χ1n) is 3.73. The fraction of sp³-hybridized carbons (Fsp3) is 0.625. The smallest absolute Gasteiger partial charge is 0.333 e. The van der Waals surface area contributed by atoms with Gasteiger partial charge in [-0.25, -0.2) is 4.79 Å². The van der Waals surface area contributed by atoms with Gasteiger partial charge in [0.1, 0.15) is 11.9 Å². The highest BCUT2D eigenvalue weighted by molar-refractivity contribution is 5.82. The molecule has 0 amide bonds. The normalized spacial score (nSPS) is 25.5. The molecule has 0 aromatic carbocycles. The third-order valence-electron chi connectivity index (χ3n) is 1.71. The van der Waals surface area contributed by atoms with Crippen molar-refractivity contribution in [2.45, 2.75) is 12.5 Å². The van der Waals surface area contributed by atoms with Crippen molar-refractivity contribution in [2.24, 2.45) is 0 Å². The fourth-order valence-electron chi connectivity index (χ4n) is 1.06. The maximum absolute atomic E-state index is 10.8. The molecule has 0 N–H and O–H groups in total. The molecular weight excluding hydrogens is 160 g/mol. The lowest BCUT2D eigenvalue weighted by molar-refractivity contribution is -0.135. The zero-order valence-corrected chi connectivity index (χ0v) is 7.20. The number of esters is 1. The van der Waals surface area contributed by atoms with Crippen LogP contribution in [0.5, 0.6) is 0 Å². The van der Waals surface area contributed by atoms with Crippen molar-refractivity contribution in [1.29, 1.82) is 0 Å². The highest BCUT2D eigenvalue weighted by atomic mass is 16.5. The van der Waals surface area contributed by atoms with Gasteiger partial charge in [0, 0.05) is 13.5 Å². The molecule has 1 fully saturated rings. The van der Waals surface area contributed by atoms with Gasteiger partial charge in [-0.3, -0.25) is 0 Å². The van der Waals surface area contributed by atoms with E-state index >= 15 is 0 Å². The summed E-state index contributed by atoms with van der Waals surface area (Å²) in [5.41, 5.74) is 0. The van der Waals surface area contributed by atoms with E-state index in [0.29, 0.717) is 12.4 Å². The summed E-state index contributed by atoms with van der Waals surface area (Å²) in [6.45, 7) is 0.599. The summed E-state index contributed by atoms with van der Waals surface area (Å²) >= 11 is 0. The molecule has 0 aliphatic carbocycles. The van der Waals surface area contributed by atoms with E-state index in [0.717, 1.165) is 6.42 Å². The summed E-state index contributed by atoms with van der Waals surface area (Å²) in [5, 5.41) is 0. The molecule has 0 aromatic rings. The average Bonchev–Trinajstić information content (AvgIpc) is 2.51. The minimum atomic E-state index is -0.408. The first-order chi connectivity index (χ1) is 5.77. The van der Waals surface area contributed by atoms with Crippen molar-refractivity contribution in [3.63, 3.8) is 0 Å². The number of hydrogen-bond acceptors (Lipinski definition) is 4. The Labute approximate surface area is 71.1 Å². The van der Waals surface area contributed by atoms with E-state index in [1.54, 1.807) is 7.11 Å². The summed E-state index contributed by atoms with van der Waals surface area (Å²) in [7, 11) is 2.92. The number of rotatable bonds is 2. The Morgan fingerprint density at radius 3 is 3.00 bits per heavy atom. The Bertz CT molecular complexity index is 197. The van der Waals surface area contributed by atoms with E-state index in [-0.39, 0.29) is 6.10 Å². The molecule has 0 radical (unpaired) electrons. The second-order valence-electron chi connectivity index (χ2n) is 2.43. The van der Waals surface area contributed by atoms with Crippen LogP contribution in [0.25, 0.3) is 0 Å². The number of carbonyl (C=O) groups is 1. The standard InChI is InChI=1S/C8H12O4/c1-10-6-3-4-12-7(6)5-8(9)11-2/h5-6H,3-4H2,1-2H3/b7-5+. The Morgan fingerprint density at radius 2 is 2.42 bits per heavy atom. The van der Waals surface area contributed by atoms with Gasteiger partial charge in [-0.2, -0.15) is 0 Å². The second-order valence-corrected chi connectivity index (χ2v) is 2.43. The van der Waals surface area contributed by atoms with Gasteiger partial charge in [-0.1, -0.05) is 0 Å². The zero-order chi connectivity index (χ0) is 8.97. The summed E-state index contributed by atoms with van der Waals surface area (Å²) in [4.78, 5) is 10.8. The summed E-state index contributed by atoms with van der Waals surface area (Å²) in [6, 6.07) is 0. The lowest BCUT2D eigenvalue weighted by atomic mass is 10.2. The first kappa shape index (κ1) is 9.06. The number of methoxy groups -OCH3 is 2. The molecular formula is C8H12O4. The van der Waals surface area contributed by atoms with Crippen LogP contribution in [0.3, 0.4) is 0 Å². The van der Waals surface area contributed by atoms with Crippen LogP contribution in [-0.2, 0) is 19.0 Å². The van der Waals surface area contributed by atoms with Crippen LogP contribution < -0.4 is 0 Å². The summed E-state index contributed by atoms with van der Waals surface area (Å²) in [5.74, 6) is 0.151. The Morgan fingerprint density at radius 1 is 1.67 bits per heavy atom. The molecule has 4 heteroatoms. The SMILES string of the molecule is COC(=O)/C=C1/OCCC1OC. The predicted octanol–water partition coefficient (Wildman–Crippen LogP) is 0.479. The fourth-order valence-corrected chi connectivity index (χ4v) is 1.06. The monoisotopic (exact) mass is 172 g/mol. The van der Waals surface area contributed by atoms with Crippen LogP contribution in [0.4, 0.5) is 0 Å². The maximum atomic E-state index is 10.8. The highest BCUT2D eigenvalue weighted by Gasteiger charge is 2.23. The van der Waals surface area contributed by atoms with Gasteiger partial charge >= 0.3 is 5.97 Å². The van der Waals surface area contributed by atoms with E-state index in [9.17, 15) is 4.79 Å². The van der Waals surface area contributed by atoms with Gasteiger partial charge in [-0.05, 0) is 0 Å². The first-order valence-corrected chi connectivity index (χ1v) is 3.73. The van der Waals surface area contributed by atoms with Crippen molar-refractivity contribution in [3.8, 4) is 0 Å². The topological polar surface area (TPSA) is 44.8 Å². The molecule has 1 aliphatic rings. The number of ether oxygens (including phenoxy) is 3. The Kier molecular flexibility index (Phi) is 3.10. The molecule has 1 aliphatic heterocycles. The van der Waals surface area contributed by atoms with Crippen molar-refractivity contribution in [1.82, 2.24) is 0 Å². The molecule has 0 saturated carbocycles. The van der Waals surface area contributed by atoms with Crippen LogP contribution in [0.15, 0.2) is 11.8 Å². The van der Waals surface area contributed by atoms with E-state index in [2.05, 4.69) is 4.74 Å². The molecule has 0 spiro atoms. The quantitative estimate of drug-likeness (QED) is 0.449. The molecule has 68 valence electrons. The van der Waals surface area contributed by atoms with Crippen molar-refractivity contribution >= 4 is 5.97 Å². The molecule has 0 aromatic heterocycles. The van der Waals surface area contributed by atoms with E-state index in [4.69, 9.17) is 9.47 Å². The third-order valence-corrected chi connectivity index (χ3v) is 1.71. The van der Waals surface area contributed by atoms with Crippen LogP contribution in [0, 0.1) is 0 Å². The highest BCUT2D eigenvalue weighted by Crippen LogP contribution is 2.19. The van der Waals surface area contributed by atoms with E-state index < -0.39 is 5.97 Å². The van der Waals surface area contributed by atoms with Crippen molar-refractivity contribution < 1.29 is 19.0 Å². The molecule has 12 heavy (non-hydrogen) atoms. The van der Waals surface area contributed by atoms with Gasteiger partial charge < -0.3 is 14.2 Å². The molecule has 1 saturated heterocycles. The second kappa shape index (κ2) is 4.11. The van der Waals surface area contributed by atoms with Crippen LogP contribution in [0.2, 0.25) is 0 Å². The van der Waals surface area contributed by atoms with Gasteiger partial charge in [0.25, 0.3) is 0 Å². The summed E-state index contributed by atoms with van der Waals surface area (Å²) in [6.07, 6.45) is 2.02. The largest absolute Gasteiger partial charge is 0.495 e. The van der Waals surface area contributed by atoms with Crippen molar-refractivity contribution in [3.05, 3.63) is 11.8 Å². The van der Waals surface area contributed by atoms with Gasteiger partial charge in [0.2, 0.25) is 0 Å². The maximum Gasteiger partial charge on any atom is 0.333 e. The lowest BCUT2D eigenvalue weighted by Crippen LogP contribution is -2.09. The third kappa shape index (κ3) is 1.98. The molecule has 1 atom stereocenters. The minimum Gasteiger partial charge on any atom is -0.495 e. The molecule has 1 heterocycles. The average molecular weight is 172 g/mol. The number of carbonyl (C=O) groups excluding carboxylic acids is 1. The molecule has 4 nitrogen and oxygen atoms in total. The minimum absolute atomic E-state index is 0.0934. The summed E-state index contributed by atoms with van der Waals surface area (Å²) < 4.78 is 14.7. The molecule has 0 bridgehead atoms. The lowest BCUT2D eigenvalue weighted by Gasteiger charge is -2.06. The van der Waals surface area contributed by atoms with Gasteiger partial charge in [-0.15, -0.1) is 0 Å². The Balaban J connectivity index is 2.60. The predicted molar refractivity (Wildman–Crippen MR) is 41.5 cm³/mol. The van der Waals surface area contributed by atoms with Gasteiger partial charge in [0.05, 0.1) is 19.8 Å². The molecule has 1 unspecified atom stereocenters. The van der Waals surface area contributed by atoms with Crippen molar-refractivity contribution in [2.75, 3.05) is 20.8 Å². The van der Waals surface area contributed by atoms with Crippen LogP contribution in [0.1, 0.15) is 6.42 Å². The van der Waals surface area contributed by atoms with Crippen LogP contribution in [-0.4, -0.2) is 32.9 Å². The van der Waals surface area contributed by atoms with E-state index in [1.807, 2.05) is 0 Å². The molecule has 1 rings (SSSR count). The van der Waals surface area contributed by atoms with Gasteiger partial charge in [0.15, 0.2) is 0 Å².